The van der Waals surface area contributed by atoms with Gasteiger partial charge in [0.15, 0.2) is 0 Å². The van der Waals surface area contributed by atoms with Crippen LogP contribution in [0.3, 0.4) is 0 Å². The zero-order valence-corrected chi connectivity index (χ0v) is 10.8. The van der Waals surface area contributed by atoms with E-state index in [0.29, 0.717) is 23.4 Å². The highest BCUT2D eigenvalue weighted by Crippen LogP contribution is 2.24. The minimum Gasteiger partial charge on any atom is -0.480 e. The van der Waals surface area contributed by atoms with E-state index < -0.39 is 24.0 Å². The Morgan fingerprint density at radius 3 is 2.79 bits per heavy atom. The van der Waals surface area contributed by atoms with Gasteiger partial charge in [0.25, 0.3) is 5.91 Å². The number of hydrogen-bond donors (Lipinski definition) is 2. The van der Waals surface area contributed by atoms with Crippen LogP contribution in [-0.4, -0.2) is 50.8 Å². The Labute approximate surface area is 109 Å². The summed E-state index contributed by atoms with van der Waals surface area (Å²) in [6.45, 7) is 3.47. The van der Waals surface area contributed by atoms with E-state index in [2.05, 4.69) is 5.16 Å². The van der Waals surface area contributed by atoms with Crippen molar-refractivity contribution < 1.29 is 24.3 Å². The van der Waals surface area contributed by atoms with Crippen molar-refractivity contribution in [1.29, 1.82) is 0 Å². The van der Waals surface area contributed by atoms with Crippen LogP contribution < -0.4 is 0 Å². The highest BCUT2D eigenvalue weighted by molar-refractivity contribution is 5.98. The Balaban J connectivity index is 2.33. The first-order valence-electron chi connectivity index (χ1n) is 6.12. The lowest BCUT2D eigenvalue weighted by Crippen LogP contribution is -2.41. The molecule has 0 radical (unpaired) electrons. The number of carboxylic acid groups (broad SMARTS) is 1. The average molecular weight is 268 g/mol. The number of carboxylic acids is 1. The largest absolute Gasteiger partial charge is 0.480 e. The summed E-state index contributed by atoms with van der Waals surface area (Å²) in [5.41, 5.74) is 0.816. The number of amides is 1. The molecule has 104 valence electrons. The third-order valence-corrected chi connectivity index (χ3v) is 3.31. The molecule has 1 fully saturated rings. The molecule has 0 aromatic carbocycles. The molecule has 7 nitrogen and oxygen atoms in total. The number of likely N-dealkylation sites (tertiary alicyclic amines) is 1. The standard InChI is InChI=1S/C12H16N2O5/c1-3-8-10(6(2)19-13-8)11(16)14-5-7(15)4-9(14)12(17)18/h7,9,15H,3-5H2,1-2H3,(H,17,18)/t7?,9-/m0/s1. The van der Waals surface area contributed by atoms with Crippen LogP contribution in [0.2, 0.25) is 0 Å². The van der Waals surface area contributed by atoms with Gasteiger partial charge in [-0.3, -0.25) is 4.79 Å². The van der Waals surface area contributed by atoms with E-state index in [1.807, 2.05) is 6.92 Å². The minimum atomic E-state index is -1.11. The molecule has 0 aliphatic carbocycles. The Bertz CT molecular complexity index is 510. The number of aromatic nitrogens is 1. The quantitative estimate of drug-likeness (QED) is 0.811. The lowest BCUT2D eigenvalue weighted by molar-refractivity contribution is -0.141. The summed E-state index contributed by atoms with van der Waals surface area (Å²) in [6, 6.07) is -0.999. The monoisotopic (exact) mass is 268 g/mol. The molecule has 1 aliphatic rings. The van der Waals surface area contributed by atoms with Crippen molar-refractivity contribution in [3.63, 3.8) is 0 Å². The van der Waals surface area contributed by atoms with Crippen molar-refractivity contribution in [3.8, 4) is 0 Å². The molecule has 1 amide bonds. The van der Waals surface area contributed by atoms with Crippen LogP contribution in [0.5, 0.6) is 0 Å². The van der Waals surface area contributed by atoms with E-state index in [0.717, 1.165) is 0 Å². The summed E-state index contributed by atoms with van der Waals surface area (Å²) in [7, 11) is 0. The van der Waals surface area contributed by atoms with E-state index in [1.54, 1.807) is 6.92 Å². The van der Waals surface area contributed by atoms with E-state index in [-0.39, 0.29) is 13.0 Å². The number of aliphatic carboxylic acids is 1. The van der Waals surface area contributed by atoms with Gasteiger partial charge in [-0.05, 0) is 13.3 Å². The molecule has 0 bridgehead atoms. The molecule has 0 spiro atoms. The van der Waals surface area contributed by atoms with Crippen LogP contribution >= 0.6 is 0 Å². The van der Waals surface area contributed by atoms with Crippen LogP contribution in [0.1, 0.15) is 35.2 Å². The van der Waals surface area contributed by atoms with Crippen LogP contribution in [0.15, 0.2) is 4.52 Å². The van der Waals surface area contributed by atoms with Gasteiger partial charge in [0, 0.05) is 13.0 Å². The molecule has 0 saturated carbocycles. The fourth-order valence-corrected chi connectivity index (χ4v) is 2.35. The Morgan fingerprint density at radius 1 is 1.53 bits per heavy atom. The maximum Gasteiger partial charge on any atom is 0.326 e. The van der Waals surface area contributed by atoms with Gasteiger partial charge in [0.2, 0.25) is 0 Å². The highest BCUT2D eigenvalue weighted by Gasteiger charge is 2.40. The summed E-state index contributed by atoms with van der Waals surface area (Å²) in [4.78, 5) is 24.7. The predicted molar refractivity (Wildman–Crippen MR) is 63.7 cm³/mol. The molecule has 1 saturated heterocycles. The second kappa shape index (κ2) is 5.00. The molecule has 1 aliphatic heterocycles. The molecule has 2 N–H and O–H groups in total. The first kappa shape index (κ1) is 13.5. The van der Waals surface area contributed by atoms with Crippen molar-refractivity contribution >= 4 is 11.9 Å². The van der Waals surface area contributed by atoms with Gasteiger partial charge in [-0.2, -0.15) is 0 Å². The maximum atomic E-state index is 12.4. The van der Waals surface area contributed by atoms with E-state index in [4.69, 9.17) is 9.63 Å². The number of aryl methyl sites for hydroxylation is 2. The Kier molecular flexibility index (Phi) is 3.57. The number of hydrogen-bond acceptors (Lipinski definition) is 5. The number of β-amino-alcohol motifs (C(OH)–C–C–N with tert-alkyl or cyclic N) is 1. The minimum absolute atomic E-state index is 0.0174. The second-order valence-corrected chi connectivity index (χ2v) is 4.62. The summed E-state index contributed by atoms with van der Waals surface area (Å²) < 4.78 is 4.98. The third kappa shape index (κ3) is 2.33. The van der Waals surface area contributed by atoms with Gasteiger partial charge < -0.3 is 19.6 Å². The second-order valence-electron chi connectivity index (χ2n) is 4.62. The smallest absolute Gasteiger partial charge is 0.326 e. The van der Waals surface area contributed by atoms with Gasteiger partial charge >= 0.3 is 5.97 Å². The van der Waals surface area contributed by atoms with E-state index >= 15 is 0 Å². The molecule has 1 aromatic rings. The first-order valence-corrected chi connectivity index (χ1v) is 6.12. The van der Waals surface area contributed by atoms with Gasteiger partial charge in [0.1, 0.15) is 17.4 Å². The van der Waals surface area contributed by atoms with Gasteiger partial charge in [-0.25, -0.2) is 4.79 Å². The van der Waals surface area contributed by atoms with Gasteiger partial charge in [0.05, 0.1) is 11.8 Å². The molecule has 7 heteroatoms. The van der Waals surface area contributed by atoms with Crippen molar-refractivity contribution in [2.45, 2.75) is 38.8 Å². The Morgan fingerprint density at radius 2 is 2.21 bits per heavy atom. The molecule has 2 rings (SSSR count). The van der Waals surface area contributed by atoms with Gasteiger partial charge in [-0.1, -0.05) is 12.1 Å². The molecule has 19 heavy (non-hydrogen) atoms. The highest BCUT2D eigenvalue weighted by atomic mass is 16.5. The lowest BCUT2D eigenvalue weighted by atomic mass is 10.1. The molecular weight excluding hydrogens is 252 g/mol. The van der Waals surface area contributed by atoms with E-state index in [1.165, 1.54) is 4.90 Å². The molecule has 2 atom stereocenters. The zero-order chi connectivity index (χ0) is 14.2. The van der Waals surface area contributed by atoms with Crippen LogP contribution in [-0.2, 0) is 11.2 Å². The molecule has 2 heterocycles. The number of carbonyl (C=O) groups is 2. The summed E-state index contributed by atoms with van der Waals surface area (Å²) in [5, 5.41) is 22.4. The van der Waals surface area contributed by atoms with Gasteiger partial charge in [-0.15, -0.1) is 0 Å². The number of aliphatic hydroxyl groups is 1. The fraction of sp³-hybridized carbons (Fsp3) is 0.583. The van der Waals surface area contributed by atoms with Crippen molar-refractivity contribution in [2.75, 3.05) is 6.54 Å². The van der Waals surface area contributed by atoms with Crippen molar-refractivity contribution in [3.05, 3.63) is 17.0 Å². The number of nitrogens with zero attached hydrogens (tertiary/aromatic N) is 2. The normalized spacial score (nSPS) is 22.8. The SMILES string of the molecule is CCc1noc(C)c1C(=O)N1CC(O)C[C@H]1C(=O)O. The first-order chi connectivity index (χ1) is 8.95. The van der Waals surface area contributed by atoms with Crippen molar-refractivity contribution in [1.82, 2.24) is 10.1 Å². The average Bonchev–Trinajstić information content (AvgIpc) is 2.91. The summed E-state index contributed by atoms with van der Waals surface area (Å²) in [5.74, 6) is -1.19. The predicted octanol–water partition coefficient (Wildman–Crippen LogP) is 0.205. The van der Waals surface area contributed by atoms with Crippen LogP contribution in [0, 0.1) is 6.92 Å². The maximum absolute atomic E-state index is 12.4. The van der Waals surface area contributed by atoms with Crippen LogP contribution in [0.25, 0.3) is 0 Å². The molecule has 1 aromatic heterocycles. The summed E-state index contributed by atoms with van der Waals surface area (Å²) >= 11 is 0. The van der Waals surface area contributed by atoms with E-state index in [9.17, 15) is 14.7 Å². The van der Waals surface area contributed by atoms with Crippen molar-refractivity contribution in [2.24, 2.45) is 0 Å². The van der Waals surface area contributed by atoms with Crippen LogP contribution in [0.4, 0.5) is 0 Å². The number of aliphatic hydroxyl groups excluding tert-OH is 1. The number of carbonyl (C=O) groups excluding carboxylic acids is 1. The summed E-state index contributed by atoms with van der Waals surface area (Å²) in [6.07, 6.45) is -0.241. The third-order valence-electron chi connectivity index (χ3n) is 3.31. The zero-order valence-electron chi connectivity index (χ0n) is 10.8. The lowest BCUT2D eigenvalue weighted by Gasteiger charge is -2.20. The Hall–Kier alpha value is -1.89. The fourth-order valence-electron chi connectivity index (χ4n) is 2.35. The molecular formula is C12H16N2O5. The topological polar surface area (TPSA) is 104 Å². The molecule has 1 unspecified atom stereocenters. The number of rotatable bonds is 3.